The summed E-state index contributed by atoms with van der Waals surface area (Å²) in [6.07, 6.45) is 1.53. The molecule has 1 aromatic rings. The maximum Gasteiger partial charge on any atom is 0.127 e. The van der Waals surface area contributed by atoms with Crippen molar-refractivity contribution in [2.75, 3.05) is 6.26 Å². The molecule has 0 aliphatic rings. The van der Waals surface area contributed by atoms with Crippen LogP contribution in [-0.4, -0.2) is 10.5 Å². The lowest BCUT2D eigenvalue weighted by molar-refractivity contribution is 0.613. The largest absolute Gasteiger partial charge is 0.255 e. The smallest absolute Gasteiger partial charge is 0.127 e. The van der Waals surface area contributed by atoms with Crippen LogP contribution in [0, 0.1) is 12.7 Å². The SMILES string of the molecule is CC.Cc1ccc(S(C)=O)cc1F. The molecule has 74 valence electrons. The quantitative estimate of drug-likeness (QED) is 0.684. The fourth-order valence-corrected chi connectivity index (χ4v) is 1.28. The van der Waals surface area contributed by atoms with Gasteiger partial charge < -0.3 is 0 Å². The summed E-state index contributed by atoms with van der Waals surface area (Å²) in [7, 11) is -1.09. The van der Waals surface area contributed by atoms with Gasteiger partial charge in [0.25, 0.3) is 0 Å². The molecule has 0 radical (unpaired) electrons. The molecule has 0 fully saturated rings. The van der Waals surface area contributed by atoms with Crippen LogP contribution in [0.25, 0.3) is 0 Å². The Bertz CT molecular complexity index is 297. The molecule has 3 heteroatoms. The summed E-state index contributed by atoms with van der Waals surface area (Å²) < 4.78 is 23.7. The third kappa shape index (κ3) is 3.68. The zero-order valence-corrected chi connectivity index (χ0v) is 9.24. The minimum Gasteiger partial charge on any atom is -0.255 e. The fraction of sp³-hybridized carbons (Fsp3) is 0.400. The van der Waals surface area contributed by atoms with Gasteiger partial charge in [0, 0.05) is 22.0 Å². The molecule has 0 N–H and O–H groups in total. The first-order valence-electron chi connectivity index (χ1n) is 4.21. The number of hydrogen-bond donors (Lipinski definition) is 0. The van der Waals surface area contributed by atoms with Crippen LogP contribution in [0.5, 0.6) is 0 Å². The fourth-order valence-electron chi connectivity index (χ4n) is 0.752. The normalized spacial score (nSPS) is 11.5. The van der Waals surface area contributed by atoms with E-state index in [0.717, 1.165) is 0 Å². The van der Waals surface area contributed by atoms with E-state index in [1.807, 2.05) is 13.8 Å². The van der Waals surface area contributed by atoms with Gasteiger partial charge >= 0.3 is 0 Å². The van der Waals surface area contributed by atoms with Crippen molar-refractivity contribution in [1.29, 1.82) is 0 Å². The predicted molar refractivity (Wildman–Crippen MR) is 54.8 cm³/mol. The van der Waals surface area contributed by atoms with Gasteiger partial charge in [-0.1, -0.05) is 19.9 Å². The van der Waals surface area contributed by atoms with Crippen molar-refractivity contribution in [2.45, 2.75) is 25.7 Å². The highest BCUT2D eigenvalue weighted by Crippen LogP contribution is 2.11. The number of halogens is 1. The first kappa shape index (κ1) is 12.3. The van der Waals surface area contributed by atoms with Crippen LogP contribution in [0.2, 0.25) is 0 Å². The molecule has 0 heterocycles. The molecule has 1 aromatic carbocycles. The van der Waals surface area contributed by atoms with Crippen molar-refractivity contribution < 1.29 is 8.60 Å². The van der Waals surface area contributed by atoms with E-state index < -0.39 is 10.8 Å². The number of hydrogen-bond acceptors (Lipinski definition) is 1. The van der Waals surface area contributed by atoms with Gasteiger partial charge in [-0.15, -0.1) is 0 Å². The van der Waals surface area contributed by atoms with Gasteiger partial charge in [-0.2, -0.15) is 0 Å². The lowest BCUT2D eigenvalue weighted by Crippen LogP contribution is -1.90. The third-order valence-corrected chi connectivity index (χ3v) is 2.39. The van der Waals surface area contributed by atoms with Crippen LogP contribution in [0.4, 0.5) is 4.39 Å². The molecule has 1 nitrogen and oxygen atoms in total. The summed E-state index contributed by atoms with van der Waals surface area (Å²) in [5, 5.41) is 0. The van der Waals surface area contributed by atoms with Crippen LogP contribution in [0.1, 0.15) is 19.4 Å². The molecule has 1 atom stereocenters. The van der Waals surface area contributed by atoms with Crippen LogP contribution >= 0.6 is 0 Å². The van der Waals surface area contributed by atoms with Gasteiger partial charge in [0.2, 0.25) is 0 Å². The van der Waals surface area contributed by atoms with E-state index in [2.05, 4.69) is 0 Å². The lowest BCUT2D eigenvalue weighted by Gasteiger charge is -1.98. The average Bonchev–Trinajstić information content (AvgIpc) is 2.13. The van der Waals surface area contributed by atoms with Crippen LogP contribution in [0.15, 0.2) is 23.1 Å². The minimum atomic E-state index is -1.09. The van der Waals surface area contributed by atoms with E-state index in [-0.39, 0.29) is 5.82 Å². The highest BCUT2D eigenvalue weighted by atomic mass is 32.2. The molecule has 1 rings (SSSR count). The highest BCUT2D eigenvalue weighted by Gasteiger charge is 2.00. The zero-order chi connectivity index (χ0) is 10.4. The van der Waals surface area contributed by atoms with E-state index in [1.165, 1.54) is 12.3 Å². The van der Waals surface area contributed by atoms with E-state index >= 15 is 0 Å². The first-order chi connectivity index (χ1) is 6.11. The van der Waals surface area contributed by atoms with E-state index in [4.69, 9.17) is 0 Å². The summed E-state index contributed by atoms with van der Waals surface area (Å²) in [5.41, 5.74) is 0.583. The van der Waals surface area contributed by atoms with Gasteiger partial charge in [-0.3, -0.25) is 4.21 Å². The standard InChI is InChI=1S/C8H9FOS.C2H6/c1-6-3-4-7(11(2)10)5-8(6)9;1-2/h3-5H,1-2H3;1-2H3. The topological polar surface area (TPSA) is 17.1 Å². The highest BCUT2D eigenvalue weighted by molar-refractivity contribution is 7.84. The molecule has 0 aromatic heterocycles. The molecule has 0 amide bonds. The average molecular weight is 202 g/mol. The Balaban J connectivity index is 0.000000671. The first-order valence-corrected chi connectivity index (χ1v) is 5.76. The number of rotatable bonds is 1. The van der Waals surface area contributed by atoms with E-state index in [9.17, 15) is 8.60 Å². The van der Waals surface area contributed by atoms with Crippen LogP contribution in [-0.2, 0) is 10.8 Å². The minimum absolute atomic E-state index is 0.294. The molecular formula is C10H15FOS. The molecule has 0 spiro atoms. The monoisotopic (exact) mass is 202 g/mol. The molecule has 1 unspecified atom stereocenters. The second kappa shape index (κ2) is 5.86. The Hall–Kier alpha value is -0.700. The number of aryl methyl sites for hydroxylation is 1. The van der Waals surface area contributed by atoms with E-state index in [0.29, 0.717) is 10.5 Å². The lowest BCUT2D eigenvalue weighted by atomic mass is 10.2. The Labute approximate surface area is 81.4 Å². The second-order valence-electron chi connectivity index (χ2n) is 2.37. The summed E-state index contributed by atoms with van der Waals surface area (Å²) in [5.74, 6) is -0.294. The van der Waals surface area contributed by atoms with Crippen molar-refractivity contribution in [3.63, 3.8) is 0 Å². The van der Waals surface area contributed by atoms with Crippen molar-refractivity contribution in [1.82, 2.24) is 0 Å². The molecule has 13 heavy (non-hydrogen) atoms. The zero-order valence-electron chi connectivity index (χ0n) is 8.43. The van der Waals surface area contributed by atoms with Crippen molar-refractivity contribution >= 4 is 10.8 Å². The van der Waals surface area contributed by atoms with Gasteiger partial charge in [-0.05, 0) is 24.6 Å². The maximum atomic E-state index is 12.8. The second-order valence-corrected chi connectivity index (χ2v) is 3.74. The predicted octanol–water partition coefficient (Wildman–Crippen LogP) is 2.90. The Kier molecular flexibility index (Phi) is 5.55. The molecular weight excluding hydrogens is 187 g/mol. The summed E-state index contributed by atoms with van der Waals surface area (Å²) >= 11 is 0. The van der Waals surface area contributed by atoms with Gasteiger partial charge in [0.15, 0.2) is 0 Å². The van der Waals surface area contributed by atoms with Crippen molar-refractivity contribution in [2.24, 2.45) is 0 Å². The number of benzene rings is 1. The van der Waals surface area contributed by atoms with Crippen molar-refractivity contribution in [3.05, 3.63) is 29.6 Å². The maximum absolute atomic E-state index is 12.8. The Morgan fingerprint density at radius 3 is 2.23 bits per heavy atom. The summed E-state index contributed by atoms with van der Waals surface area (Å²) in [6.45, 7) is 5.68. The van der Waals surface area contributed by atoms with Gasteiger partial charge in [0.05, 0.1) is 0 Å². The molecule has 0 saturated heterocycles. The third-order valence-electron chi connectivity index (χ3n) is 1.48. The van der Waals surface area contributed by atoms with Crippen LogP contribution in [0.3, 0.4) is 0 Å². The van der Waals surface area contributed by atoms with Gasteiger partial charge in [0.1, 0.15) is 5.82 Å². The Morgan fingerprint density at radius 1 is 1.31 bits per heavy atom. The summed E-state index contributed by atoms with van der Waals surface area (Å²) in [4.78, 5) is 0.535. The molecule has 0 bridgehead atoms. The van der Waals surface area contributed by atoms with Gasteiger partial charge in [-0.25, -0.2) is 4.39 Å². The Morgan fingerprint density at radius 2 is 1.85 bits per heavy atom. The van der Waals surface area contributed by atoms with Crippen molar-refractivity contribution in [3.8, 4) is 0 Å². The molecule has 0 aliphatic heterocycles. The van der Waals surface area contributed by atoms with Crippen LogP contribution < -0.4 is 0 Å². The molecule has 0 saturated carbocycles. The molecule has 0 aliphatic carbocycles. The summed E-state index contributed by atoms with van der Waals surface area (Å²) in [6, 6.07) is 4.62. The van der Waals surface area contributed by atoms with E-state index in [1.54, 1.807) is 19.1 Å².